The molecule has 0 fully saturated rings. The average Bonchev–Trinajstić information content (AvgIpc) is 2.67. The van der Waals surface area contributed by atoms with E-state index in [1.165, 1.54) is 21.7 Å². The fraction of sp³-hybridized carbons (Fsp3) is 0.125. The molecule has 2 heterocycles. The van der Waals surface area contributed by atoms with E-state index in [9.17, 15) is 5.11 Å². The highest BCUT2D eigenvalue weighted by molar-refractivity contribution is 7.99. The van der Waals surface area contributed by atoms with Crippen LogP contribution in [0.15, 0.2) is 47.4 Å². The number of aromatic hydroxyl groups is 1. The maximum Gasteiger partial charge on any atom is 0.116 e. The summed E-state index contributed by atoms with van der Waals surface area (Å²) >= 11 is 1.90. The Morgan fingerprint density at radius 3 is 2.95 bits per heavy atom. The van der Waals surface area contributed by atoms with Crippen LogP contribution in [0.5, 0.6) is 5.75 Å². The van der Waals surface area contributed by atoms with Gasteiger partial charge in [-0.05, 0) is 36.2 Å². The second-order valence-electron chi connectivity index (χ2n) is 4.80. The van der Waals surface area contributed by atoms with Crippen LogP contribution in [0.2, 0.25) is 0 Å². The van der Waals surface area contributed by atoms with Crippen LogP contribution in [0.1, 0.15) is 5.56 Å². The quantitative estimate of drug-likeness (QED) is 0.640. The average molecular weight is 267 g/mol. The van der Waals surface area contributed by atoms with Gasteiger partial charge >= 0.3 is 0 Å². The van der Waals surface area contributed by atoms with Gasteiger partial charge in [-0.1, -0.05) is 18.2 Å². The SMILES string of the molecule is Oc1ccc2[nH]c3c(c2c1)CCSc1ccccc1-3. The van der Waals surface area contributed by atoms with Crippen LogP contribution < -0.4 is 0 Å². The molecule has 0 bridgehead atoms. The van der Waals surface area contributed by atoms with Gasteiger partial charge in [-0.25, -0.2) is 0 Å². The lowest BCUT2D eigenvalue weighted by atomic mass is 10.0. The molecule has 1 aromatic heterocycles. The summed E-state index contributed by atoms with van der Waals surface area (Å²) in [7, 11) is 0. The number of fused-ring (bicyclic) bond motifs is 5. The van der Waals surface area contributed by atoms with Gasteiger partial charge in [0.05, 0.1) is 5.69 Å². The first-order valence-electron chi connectivity index (χ1n) is 6.39. The Hall–Kier alpha value is -1.87. The minimum atomic E-state index is 0.333. The van der Waals surface area contributed by atoms with Crippen molar-refractivity contribution < 1.29 is 5.11 Å². The lowest BCUT2D eigenvalue weighted by molar-refractivity contribution is 0.476. The largest absolute Gasteiger partial charge is 0.508 e. The highest BCUT2D eigenvalue weighted by atomic mass is 32.2. The molecule has 4 rings (SSSR count). The van der Waals surface area contributed by atoms with Gasteiger partial charge in [0.15, 0.2) is 0 Å². The summed E-state index contributed by atoms with van der Waals surface area (Å²) in [6.45, 7) is 0. The Morgan fingerprint density at radius 1 is 1.11 bits per heavy atom. The summed E-state index contributed by atoms with van der Waals surface area (Å²) in [6, 6.07) is 14.1. The topological polar surface area (TPSA) is 36.0 Å². The van der Waals surface area contributed by atoms with E-state index in [-0.39, 0.29) is 0 Å². The zero-order valence-corrected chi connectivity index (χ0v) is 11.1. The molecule has 1 aliphatic rings. The smallest absolute Gasteiger partial charge is 0.116 e. The molecule has 0 unspecified atom stereocenters. The van der Waals surface area contributed by atoms with Crippen LogP contribution in [0.25, 0.3) is 22.2 Å². The van der Waals surface area contributed by atoms with Gasteiger partial charge in [0, 0.05) is 27.1 Å². The highest BCUT2D eigenvalue weighted by Gasteiger charge is 2.19. The summed E-state index contributed by atoms with van der Waals surface area (Å²) in [5, 5.41) is 10.8. The summed E-state index contributed by atoms with van der Waals surface area (Å²) < 4.78 is 0. The van der Waals surface area contributed by atoms with Crippen LogP contribution >= 0.6 is 11.8 Å². The number of thioether (sulfide) groups is 1. The molecule has 0 spiro atoms. The maximum absolute atomic E-state index is 9.70. The monoisotopic (exact) mass is 267 g/mol. The molecular weight excluding hydrogens is 254 g/mol. The number of aromatic nitrogens is 1. The van der Waals surface area contributed by atoms with Crippen molar-refractivity contribution in [3.63, 3.8) is 0 Å². The molecule has 19 heavy (non-hydrogen) atoms. The lowest BCUT2D eigenvalue weighted by Gasteiger charge is -2.03. The predicted molar refractivity (Wildman–Crippen MR) is 79.8 cm³/mol. The van der Waals surface area contributed by atoms with Crippen molar-refractivity contribution in [3.8, 4) is 17.0 Å². The van der Waals surface area contributed by atoms with Crippen molar-refractivity contribution in [1.29, 1.82) is 0 Å². The van der Waals surface area contributed by atoms with Crippen LogP contribution in [0, 0.1) is 0 Å². The molecule has 3 aromatic rings. The van der Waals surface area contributed by atoms with Crippen molar-refractivity contribution in [2.75, 3.05) is 5.75 Å². The number of phenolic OH excluding ortho intramolecular Hbond substituents is 1. The molecule has 1 aliphatic heterocycles. The number of H-pyrrole nitrogens is 1. The molecule has 0 aliphatic carbocycles. The normalized spacial score (nSPS) is 13.9. The number of hydrogen-bond acceptors (Lipinski definition) is 2. The van der Waals surface area contributed by atoms with E-state index < -0.39 is 0 Å². The van der Waals surface area contributed by atoms with E-state index in [4.69, 9.17) is 0 Å². The molecule has 0 atom stereocenters. The third-order valence-corrected chi connectivity index (χ3v) is 4.73. The van der Waals surface area contributed by atoms with Crippen molar-refractivity contribution in [1.82, 2.24) is 4.98 Å². The van der Waals surface area contributed by atoms with Crippen molar-refractivity contribution in [3.05, 3.63) is 48.0 Å². The molecule has 2 N–H and O–H groups in total. The number of benzene rings is 2. The Morgan fingerprint density at radius 2 is 2.00 bits per heavy atom. The van der Waals surface area contributed by atoms with Crippen LogP contribution in [-0.4, -0.2) is 15.8 Å². The summed E-state index contributed by atoms with van der Waals surface area (Å²) in [5.74, 6) is 1.41. The second kappa shape index (κ2) is 4.07. The number of phenols is 1. The first kappa shape index (κ1) is 11.0. The molecule has 2 aromatic carbocycles. The van der Waals surface area contributed by atoms with E-state index in [0.717, 1.165) is 23.1 Å². The van der Waals surface area contributed by atoms with Gasteiger partial charge in [-0.15, -0.1) is 11.8 Å². The number of nitrogens with one attached hydrogen (secondary N) is 1. The van der Waals surface area contributed by atoms with E-state index >= 15 is 0 Å². The molecule has 0 saturated heterocycles. The maximum atomic E-state index is 9.70. The zero-order valence-electron chi connectivity index (χ0n) is 10.3. The Labute approximate surface area is 115 Å². The van der Waals surface area contributed by atoms with Gasteiger partial charge in [-0.3, -0.25) is 0 Å². The van der Waals surface area contributed by atoms with Crippen molar-refractivity contribution >= 4 is 22.7 Å². The molecular formula is C16H13NOS. The third-order valence-electron chi connectivity index (χ3n) is 3.66. The van der Waals surface area contributed by atoms with Crippen LogP contribution in [0.3, 0.4) is 0 Å². The van der Waals surface area contributed by atoms with E-state index in [0.29, 0.717) is 5.75 Å². The van der Waals surface area contributed by atoms with Gasteiger partial charge in [0.25, 0.3) is 0 Å². The lowest BCUT2D eigenvalue weighted by Crippen LogP contribution is -1.86. The molecule has 0 saturated carbocycles. The number of hydrogen-bond donors (Lipinski definition) is 2. The van der Waals surface area contributed by atoms with E-state index in [1.54, 1.807) is 6.07 Å². The minimum absolute atomic E-state index is 0.333. The zero-order chi connectivity index (χ0) is 12.8. The van der Waals surface area contributed by atoms with E-state index in [2.05, 4.69) is 29.2 Å². The fourth-order valence-electron chi connectivity index (χ4n) is 2.79. The first-order valence-corrected chi connectivity index (χ1v) is 7.37. The first-order chi connectivity index (χ1) is 9.33. The van der Waals surface area contributed by atoms with Gasteiger partial charge in [0.1, 0.15) is 5.75 Å². The number of rotatable bonds is 0. The molecule has 94 valence electrons. The van der Waals surface area contributed by atoms with Crippen molar-refractivity contribution in [2.24, 2.45) is 0 Å². The van der Waals surface area contributed by atoms with Gasteiger partial charge < -0.3 is 10.1 Å². The number of aromatic amines is 1. The molecule has 2 nitrogen and oxygen atoms in total. The Kier molecular flexibility index (Phi) is 2.35. The second-order valence-corrected chi connectivity index (χ2v) is 5.94. The molecule has 0 amide bonds. The third kappa shape index (κ3) is 1.65. The summed E-state index contributed by atoms with van der Waals surface area (Å²) in [5.41, 5.74) is 4.91. The highest BCUT2D eigenvalue weighted by Crippen LogP contribution is 2.40. The fourth-order valence-corrected chi connectivity index (χ4v) is 3.81. The van der Waals surface area contributed by atoms with Crippen molar-refractivity contribution in [2.45, 2.75) is 11.3 Å². The minimum Gasteiger partial charge on any atom is -0.508 e. The van der Waals surface area contributed by atoms with E-state index in [1.807, 2.05) is 23.9 Å². The number of aryl methyl sites for hydroxylation is 1. The molecule has 0 radical (unpaired) electrons. The Bertz CT molecular complexity index is 776. The van der Waals surface area contributed by atoms with Crippen LogP contribution in [-0.2, 0) is 6.42 Å². The summed E-state index contributed by atoms with van der Waals surface area (Å²) in [6.07, 6.45) is 1.03. The van der Waals surface area contributed by atoms with Gasteiger partial charge in [0.2, 0.25) is 0 Å². The van der Waals surface area contributed by atoms with Crippen LogP contribution in [0.4, 0.5) is 0 Å². The summed E-state index contributed by atoms with van der Waals surface area (Å²) in [4.78, 5) is 4.85. The Balaban J connectivity index is 2.08. The standard InChI is InChI=1S/C16H13NOS/c18-10-5-6-14-13(9-10)11-7-8-19-15-4-2-1-3-12(15)16(11)17-14/h1-6,9,17-18H,7-8H2. The molecule has 3 heteroatoms. The van der Waals surface area contributed by atoms with Gasteiger partial charge in [-0.2, -0.15) is 0 Å². The predicted octanol–water partition coefficient (Wildman–Crippen LogP) is 4.19.